The number of nitrogen functional groups attached to an aromatic ring is 1. The summed E-state index contributed by atoms with van der Waals surface area (Å²) >= 11 is 0. The van der Waals surface area contributed by atoms with E-state index >= 15 is 0 Å². The highest BCUT2D eigenvalue weighted by atomic mass is 15.3. The van der Waals surface area contributed by atoms with Crippen molar-refractivity contribution in [1.82, 2.24) is 14.8 Å². The van der Waals surface area contributed by atoms with Gasteiger partial charge in [0.1, 0.15) is 0 Å². The first-order chi connectivity index (χ1) is 10.2. The van der Waals surface area contributed by atoms with Crippen LogP contribution >= 0.6 is 0 Å². The first kappa shape index (κ1) is 12.4. The Kier molecular flexibility index (Phi) is 2.70. The summed E-state index contributed by atoms with van der Waals surface area (Å²) < 4.78 is 2.00. The molecule has 0 atom stereocenters. The summed E-state index contributed by atoms with van der Waals surface area (Å²) in [6, 6.07) is 12.3. The third-order valence-electron chi connectivity index (χ3n) is 4.12. The normalized spacial score (nSPS) is 14.7. The minimum Gasteiger partial charge on any atom is -0.398 e. The van der Waals surface area contributed by atoms with E-state index in [1.807, 2.05) is 23.7 Å². The lowest BCUT2D eigenvalue weighted by molar-refractivity contribution is 0.685. The lowest BCUT2D eigenvalue weighted by atomic mass is 10.2. The van der Waals surface area contributed by atoms with Gasteiger partial charge in [0.25, 0.3) is 0 Å². The largest absolute Gasteiger partial charge is 0.398 e. The van der Waals surface area contributed by atoms with E-state index in [9.17, 15) is 0 Å². The molecule has 4 nitrogen and oxygen atoms in total. The molecule has 0 spiro atoms. The molecule has 4 rings (SSSR count). The third-order valence-corrected chi connectivity index (χ3v) is 4.12. The highest BCUT2D eigenvalue weighted by molar-refractivity contribution is 5.92. The Hall–Kier alpha value is -2.36. The Bertz CT molecular complexity index is 815. The van der Waals surface area contributed by atoms with Crippen LogP contribution in [0.15, 0.2) is 36.4 Å². The van der Waals surface area contributed by atoms with Crippen LogP contribution in [-0.2, 0) is 6.54 Å². The van der Waals surface area contributed by atoms with Crippen molar-refractivity contribution in [3.05, 3.63) is 53.5 Å². The molecule has 21 heavy (non-hydrogen) atoms. The van der Waals surface area contributed by atoms with E-state index in [0.29, 0.717) is 12.5 Å². The van der Waals surface area contributed by atoms with Gasteiger partial charge in [-0.05, 0) is 44.0 Å². The molecule has 0 unspecified atom stereocenters. The van der Waals surface area contributed by atoms with Crippen molar-refractivity contribution in [2.75, 3.05) is 5.73 Å². The summed E-state index contributed by atoms with van der Waals surface area (Å²) in [7, 11) is 0. The molecule has 3 aromatic rings. The average Bonchev–Trinajstić information content (AvgIpc) is 3.27. The molecule has 0 bridgehead atoms. The van der Waals surface area contributed by atoms with Crippen LogP contribution in [0.4, 0.5) is 5.69 Å². The van der Waals surface area contributed by atoms with Gasteiger partial charge in [-0.2, -0.15) is 5.10 Å². The maximum Gasteiger partial charge on any atom is 0.0838 e. The minimum absolute atomic E-state index is 0.677. The topological polar surface area (TPSA) is 56.7 Å². The molecular formula is C17H18N4. The number of hydrogen-bond acceptors (Lipinski definition) is 3. The van der Waals surface area contributed by atoms with Crippen molar-refractivity contribution in [3.63, 3.8) is 0 Å². The smallest absolute Gasteiger partial charge is 0.0838 e. The van der Waals surface area contributed by atoms with Gasteiger partial charge in [0, 0.05) is 22.7 Å². The fraction of sp³-hybridized carbons (Fsp3) is 0.294. The predicted molar refractivity (Wildman–Crippen MR) is 84.2 cm³/mol. The van der Waals surface area contributed by atoms with Crippen molar-refractivity contribution in [2.45, 2.75) is 32.2 Å². The lowest BCUT2D eigenvalue weighted by Gasteiger charge is -2.05. The second kappa shape index (κ2) is 4.58. The van der Waals surface area contributed by atoms with E-state index < -0.39 is 0 Å². The minimum atomic E-state index is 0.677. The van der Waals surface area contributed by atoms with E-state index in [4.69, 9.17) is 10.7 Å². The molecule has 1 aromatic carbocycles. The molecule has 2 N–H and O–H groups in total. The molecule has 0 amide bonds. The van der Waals surface area contributed by atoms with Crippen molar-refractivity contribution in [1.29, 1.82) is 0 Å². The Morgan fingerprint density at radius 1 is 1.19 bits per heavy atom. The molecule has 1 fully saturated rings. The summed E-state index contributed by atoms with van der Waals surface area (Å²) in [5, 5.41) is 5.68. The van der Waals surface area contributed by atoms with Crippen LogP contribution in [0.5, 0.6) is 0 Å². The molecule has 1 saturated carbocycles. The highest BCUT2D eigenvalue weighted by Crippen LogP contribution is 2.38. The predicted octanol–water partition coefficient (Wildman–Crippen LogP) is 3.25. The van der Waals surface area contributed by atoms with Crippen molar-refractivity contribution >= 4 is 16.6 Å². The third kappa shape index (κ3) is 2.17. The molecule has 0 saturated heterocycles. The summed E-state index contributed by atoms with van der Waals surface area (Å²) in [4.78, 5) is 4.78. The number of rotatable bonds is 3. The molecule has 106 valence electrons. The number of fused-ring (bicyclic) bond motifs is 1. The maximum absolute atomic E-state index is 6.07. The second-order valence-electron chi connectivity index (χ2n) is 5.81. The van der Waals surface area contributed by atoms with Crippen LogP contribution in [0.2, 0.25) is 0 Å². The SMILES string of the molecule is Cc1nn(Cc2cccc(C3CC3)n2)c2cccc(N)c12. The van der Waals surface area contributed by atoms with E-state index in [-0.39, 0.29) is 0 Å². The van der Waals surface area contributed by atoms with Crippen molar-refractivity contribution in [2.24, 2.45) is 0 Å². The number of hydrogen-bond donors (Lipinski definition) is 1. The Morgan fingerprint density at radius 3 is 2.81 bits per heavy atom. The molecule has 2 heterocycles. The standard InChI is InChI=1S/C17H18N4/c1-11-17-14(18)5-3-7-16(17)21(20-11)10-13-4-2-6-15(19-13)12-8-9-12/h2-7,12H,8-10,18H2,1H3. The van der Waals surface area contributed by atoms with Gasteiger partial charge in [0.15, 0.2) is 0 Å². The second-order valence-corrected chi connectivity index (χ2v) is 5.81. The fourth-order valence-electron chi connectivity index (χ4n) is 2.92. The number of pyridine rings is 1. The van der Waals surface area contributed by atoms with Crippen molar-refractivity contribution in [3.8, 4) is 0 Å². The summed E-state index contributed by atoms with van der Waals surface area (Å²) in [6.45, 7) is 2.69. The number of aryl methyl sites for hydroxylation is 1. The highest BCUT2D eigenvalue weighted by Gasteiger charge is 2.24. The van der Waals surface area contributed by atoms with Gasteiger partial charge in [0.2, 0.25) is 0 Å². The zero-order valence-corrected chi connectivity index (χ0v) is 12.1. The molecule has 1 aliphatic rings. The first-order valence-corrected chi connectivity index (χ1v) is 7.40. The molecular weight excluding hydrogens is 260 g/mol. The zero-order chi connectivity index (χ0) is 14.4. The number of nitrogens with zero attached hydrogens (tertiary/aromatic N) is 3. The van der Waals surface area contributed by atoms with Gasteiger partial charge >= 0.3 is 0 Å². The number of nitrogens with two attached hydrogens (primary N) is 1. The summed E-state index contributed by atoms with van der Waals surface area (Å²) in [5.74, 6) is 0.677. The first-order valence-electron chi connectivity index (χ1n) is 7.40. The van der Waals surface area contributed by atoms with Crippen LogP contribution in [0.3, 0.4) is 0 Å². The van der Waals surface area contributed by atoms with Gasteiger partial charge in [-0.15, -0.1) is 0 Å². The van der Waals surface area contributed by atoms with Crippen molar-refractivity contribution < 1.29 is 0 Å². The average molecular weight is 278 g/mol. The Morgan fingerprint density at radius 2 is 2.00 bits per heavy atom. The quantitative estimate of drug-likeness (QED) is 0.748. The van der Waals surface area contributed by atoms with Crippen LogP contribution in [-0.4, -0.2) is 14.8 Å². The fourth-order valence-corrected chi connectivity index (χ4v) is 2.92. The van der Waals surface area contributed by atoms with Gasteiger partial charge in [0.05, 0.1) is 23.4 Å². The van der Waals surface area contributed by atoms with E-state index in [1.54, 1.807) is 0 Å². The van der Waals surface area contributed by atoms with Crippen LogP contribution < -0.4 is 5.73 Å². The summed E-state index contributed by atoms with van der Waals surface area (Å²) in [5.41, 5.74) is 11.2. The molecule has 0 aliphatic heterocycles. The Balaban J connectivity index is 1.74. The molecule has 0 radical (unpaired) electrons. The van der Waals surface area contributed by atoms with E-state index in [1.165, 1.54) is 18.5 Å². The zero-order valence-electron chi connectivity index (χ0n) is 12.1. The summed E-state index contributed by atoms with van der Waals surface area (Å²) in [6.07, 6.45) is 2.55. The van der Waals surface area contributed by atoms with Gasteiger partial charge in [-0.25, -0.2) is 0 Å². The monoisotopic (exact) mass is 278 g/mol. The Labute approximate surface area is 123 Å². The van der Waals surface area contributed by atoms with E-state index in [0.717, 1.165) is 28.0 Å². The van der Waals surface area contributed by atoms with Gasteiger partial charge in [-0.1, -0.05) is 12.1 Å². The van der Waals surface area contributed by atoms with Gasteiger partial charge < -0.3 is 5.73 Å². The molecule has 1 aliphatic carbocycles. The lowest BCUT2D eigenvalue weighted by Crippen LogP contribution is -2.04. The van der Waals surface area contributed by atoms with Gasteiger partial charge in [-0.3, -0.25) is 9.67 Å². The van der Waals surface area contributed by atoms with Crippen LogP contribution in [0, 0.1) is 6.92 Å². The van der Waals surface area contributed by atoms with Crippen LogP contribution in [0.1, 0.15) is 35.8 Å². The number of aromatic nitrogens is 3. The number of anilines is 1. The number of benzene rings is 1. The van der Waals surface area contributed by atoms with Crippen LogP contribution in [0.25, 0.3) is 10.9 Å². The molecule has 2 aromatic heterocycles. The van der Waals surface area contributed by atoms with E-state index in [2.05, 4.69) is 29.4 Å². The maximum atomic E-state index is 6.07. The molecule has 4 heteroatoms.